The molecule has 9 aromatic rings. The van der Waals surface area contributed by atoms with Gasteiger partial charge in [0, 0.05) is 33.2 Å². The first-order valence-corrected chi connectivity index (χ1v) is 18.3. The Labute approximate surface area is 310 Å². The Morgan fingerprint density at radius 2 is 0.830 bits per heavy atom. The Bertz CT molecular complexity index is 2760. The van der Waals surface area contributed by atoms with Crippen LogP contribution in [0.15, 0.2) is 192 Å². The second-order valence-electron chi connectivity index (χ2n) is 14.6. The van der Waals surface area contributed by atoms with Crippen LogP contribution in [0, 0.1) is 0 Å². The lowest BCUT2D eigenvalue weighted by Crippen LogP contribution is -2.14. The minimum atomic E-state index is -0.114. The van der Waals surface area contributed by atoms with Gasteiger partial charge in [0.15, 0.2) is 0 Å². The normalized spacial score (nSPS) is 12.9. The first-order chi connectivity index (χ1) is 26.0. The van der Waals surface area contributed by atoms with E-state index in [-0.39, 0.29) is 5.41 Å². The summed E-state index contributed by atoms with van der Waals surface area (Å²) in [5.41, 5.74) is 17.7. The second-order valence-corrected chi connectivity index (χ2v) is 14.6. The lowest BCUT2D eigenvalue weighted by atomic mass is 9.82. The highest BCUT2D eigenvalue weighted by molar-refractivity contribution is 6.08. The number of hydrogen-bond donors (Lipinski definition) is 0. The predicted octanol–water partition coefficient (Wildman–Crippen LogP) is 14.4. The molecule has 2 heteroatoms. The third-order valence-corrected chi connectivity index (χ3v) is 11.1. The molecular weight excluding hydrogens is 643 g/mol. The number of anilines is 3. The minimum Gasteiger partial charge on any atom is -0.456 e. The van der Waals surface area contributed by atoms with Crippen molar-refractivity contribution in [2.24, 2.45) is 0 Å². The number of hydrogen-bond acceptors (Lipinski definition) is 2. The van der Waals surface area contributed by atoms with Crippen LogP contribution in [0.25, 0.3) is 66.4 Å². The second kappa shape index (κ2) is 12.3. The molecule has 1 aliphatic rings. The van der Waals surface area contributed by atoms with Gasteiger partial charge in [-0.1, -0.05) is 141 Å². The van der Waals surface area contributed by atoms with Gasteiger partial charge in [0.2, 0.25) is 0 Å². The summed E-state index contributed by atoms with van der Waals surface area (Å²) < 4.78 is 6.30. The van der Waals surface area contributed by atoms with Crippen LogP contribution in [-0.4, -0.2) is 0 Å². The molecule has 53 heavy (non-hydrogen) atoms. The summed E-state index contributed by atoms with van der Waals surface area (Å²) in [6.45, 7) is 4.65. The van der Waals surface area contributed by atoms with Gasteiger partial charge in [0.25, 0.3) is 0 Å². The average molecular weight is 680 g/mol. The molecule has 1 aromatic heterocycles. The van der Waals surface area contributed by atoms with Gasteiger partial charge in [-0.2, -0.15) is 0 Å². The quantitative estimate of drug-likeness (QED) is 0.174. The zero-order valence-electron chi connectivity index (χ0n) is 29.8. The molecule has 10 rings (SSSR count). The molecule has 0 atom stereocenters. The van der Waals surface area contributed by atoms with Gasteiger partial charge in [0.1, 0.15) is 11.2 Å². The highest BCUT2D eigenvalue weighted by Crippen LogP contribution is 2.51. The van der Waals surface area contributed by atoms with E-state index < -0.39 is 0 Å². The fraction of sp³-hybridized carbons (Fsp3) is 0.0588. The highest BCUT2D eigenvalue weighted by atomic mass is 16.3. The summed E-state index contributed by atoms with van der Waals surface area (Å²) in [5, 5.41) is 2.34. The Morgan fingerprint density at radius 3 is 1.47 bits per heavy atom. The van der Waals surface area contributed by atoms with Crippen molar-refractivity contribution in [2.75, 3.05) is 4.90 Å². The van der Waals surface area contributed by atoms with Crippen molar-refractivity contribution >= 4 is 39.0 Å². The molecule has 1 aliphatic carbocycles. The van der Waals surface area contributed by atoms with Crippen LogP contribution in [-0.2, 0) is 5.41 Å². The molecule has 0 spiro atoms. The molecule has 0 amide bonds. The summed E-state index contributed by atoms with van der Waals surface area (Å²) in [6, 6.07) is 67.8. The number of para-hydroxylation sites is 2. The molecule has 0 aliphatic heterocycles. The number of furan rings is 1. The summed E-state index contributed by atoms with van der Waals surface area (Å²) in [5.74, 6) is 0. The van der Waals surface area contributed by atoms with Gasteiger partial charge < -0.3 is 9.32 Å². The van der Waals surface area contributed by atoms with Gasteiger partial charge in [-0.05, 0) is 116 Å². The van der Waals surface area contributed by atoms with Gasteiger partial charge in [-0.15, -0.1) is 0 Å². The summed E-state index contributed by atoms with van der Waals surface area (Å²) in [7, 11) is 0. The Kier molecular flexibility index (Phi) is 7.19. The van der Waals surface area contributed by atoms with Gasteiger partial charge in [-0.3, -0.25) is 0 Å². The number of benzene rings is 8. The van der Waals surface area contributed by atoms with Gasteiger partial charge in [-0.25, -0.2) is 0 Å². The van der Waals surface area contributed by atoms with Crippen LogP contribution in [0.1, 0.15) is 25.0 Å². The van der Waals surface area contributed by atoms with E-state index in [1.54, 1.807) is 0 Å². The minimum absolute atomic E-state index is 0.114. The van der Waals surface area contributed by atoms with Crippen LogP contribution in [0.2, 0.25) is 0 Å². The van der Waals surface area contributed by atoms with E-state index >= 15 is 0 Å². The smallest absolute Gasteiger partial charge is 0.135 e. The topological polar surface area (TPSA) is 16.4 Å². The zero-order valence-corrected chi connectivity index (χ0v) is 29.8. The Balaban J connectivity index is 0.977. The van der Waals surface area contributed by atoms with Crippen molar-refractivity contribution in [1.82, 2.24) is 0 Å². The van der Waals surface area contributed by atoms with Crippen molar-refractivity contribution in [3.63, 3.8) is 0 Å². The molecule has 0 saturated heterocycles. The third kappa shape index (κ3) is 5.26. The van der Waals surface area contributed by atoms with Crippen LogP contribution >= 0.6 is 0 Å². The number of rotatable bonds is 6. The highest BCUT2D eigenvalue weighted by Gasteiger charge is 2.36. The molecule has 252 valence electrons. The zero-order chi connectivity index (χ0) is 35.5. The molecule has 0 fully saturated rings. The molecule has 0 radical (unpaired) electrons. The molecule has 0 saturated carbocycles. The molecule has 2 nitrogen and oxygen atoms in total. The summed E-state index contributed by atoms with van der Waals surface area (Å²) >= 11 is 0. The van der Waals surface area contributed by atoms with Crippen molar-refractivity contribution in [1.29, 1.82) is 0 Å². The van der Waals surface area contributed by atoms with Crippen molar-refractivity contribution in [2.45, 2.75) is 19.3 Å². The third-order valence-electron chi connectivity index (χ3n) is 11.1. The van der Waals surface area contributed by atoms with Crippen molar-refractivity contribution in [3.8, 4) is 44.5 Å². The first-order valence-electron chi connectivity index (χ1n) is 18.3. The van der Waals surface area contributed by atoms with E-state index in [1.807, 2.05) is 6.07 Å². The van der Waals surface area contributed by atoms with E-state index in [9.17, 15) is 0 Å². The van der Waals surface area contributed by atoms with Crippen LogP contribution < -0.4 is 4.90 Å². The standard InChI is InChI=1S/C51H37NO/c1-51(2)47-30-25-39(31-44(47)45-32-46-43-15-9-10-16-49(43)53-50(46)33-48(45)51)38-23-28-42(29-24-38)52(40-13-7-4-8-14-40)41-26-21-37(22-27-41)36-19-17-35(18-20-36)34-11-5-3-6-12-34/h3-33H,1-2H3. The largest absolute Gasteiger partial charge is 0.456 e. The maximum Gasteiger partial charge on any atom is 0.135 e. The predicted molar refractivity (Wildman–Crippen MR) is 222 cm³/mol. The monoisotopic (exact) mass is 679 g/mol. The lowest BCUT2D eigenvalue weighted by molar-refractivity contribution is 0.647. The average Bonchev–Trinajstić information content (AvgIpc) is 3.69. The molecule has 0 unspecified atom stereocenters. The van der Waals surface area contributed by atoms with E-state index in [1.165, 1.54) is 66.4 Å². The lowest BCUT2D eigenvalue weighted by Gasteiger charge is -2.26. The maximum atomic E-state index is 6.30. The summed E-state index contributed by atoms with van der Waals surface area (Å²) in [6.07, 6.45) is 0. The molecule has 0 bridgehead atoms. The van der Waals surface area contributed by atoms with E-state index in [0.29, 0.717) is 0 Å². The molecule has 1 heterocycles. The molecule has 0 N–H and O–H groups in total. The maximum absolute atomic E-state index is 6.30. The van der Waals surface area contributed by atoms with E-state index in [4.69, 9.17) is 4.42 Å². The van der Waals surface area contributed by atoms with E-state index in [0.717, 1.165) is 28.2 Å². The van der Waals surface area contributed by atoms with Gasteiger partial charge in [0.05, 0.1) is 0 Å². The van der Waals surface area contributed by atoms with Crippen molar-refractivity contribution in [3.05, 3.63) is 199 Å². The van der Waals surface area contributed by atoms with Crippen LogP contribution in [0.5, 0.6) is 0 Å². The fourth-order valence-corrected chi connectivity index (χ4v) is 8.26. The SMILES string of the molecule is CC1(C)c2ccc(-c3ccc(N(c4ccccc4)c4ccc(-c5ccc(-c6ccccc6)cc5)cc4)cc3)cc2-c2cc3c(cc21)oc1ccccc13. The fourth-order valence-electron chi connectivity index (χ4n) is 8.26. The first kappa shape index (κ1) is 31.1. The van der Waals surface area contributed by atoms with E-state index in [2.05, 4.69) is 201 Å². The molecular formula is C51H37NO. The number of fused-ring (bicyclic) bond motifs is 6. The Hall–Kier alpha value is -6.64. The summed E-state index contributed by atoms with van der Waals surface area (Å²) in [4.78, 5) is 2.33. The van der Waals surface area contributed by atoms with Crippen LogP contribution in [0.3, 0.4) is 0 Å². The molecule has 8 aromatic carbocycles. The van der Waals surface area contributed by atoms with Crippen molar-refractivity contribution < 1.29 is 4.42 Å². The Morgan fingerprint density at radius 1 is 0.358 bits per heavy atom. The van der Waals surface area contributed by atoms with Gasteiger partial charge >= 0.3 is 0 Å². The number of nitrogens with zero attached hydrogens (tertiary/aromatic N) is 1. The van der Waals surface area contributed by atoms with Crippen LogP contribution in [0.4, 0.5) is 17.1 Å².